The topological polar surface area (TPSA) is 81.4 Å². The normalized spacial score (nSPS) is 12.0. The number of para-hydroxylation sites is 3. The monoisotopic (exact) mass is 406 g/mol. The average Bonchev–Trinajstić information content (AvgIpc) is 3.06. The third-order valence-electron chi connectivity index (χ3n) is 3.77. The van der Waals surface area contributed by atoms with Crippen molar-refractivity contribution in [3.63, 3.8) is 0 Å². The minimum atomic E-state index is -1.01. The van der Waals surface area contributed by atoms with E-state index >= 15 is 0 Å². The number of halogens is 2. The van der Waals surface area contributed by atoms with Crippen LogP contribution in [-0.2, 0) is 20.7 Å². The van der Waals surface area contributed by atoms with Gasteiger partial charge in [0.15, 0.2) is 17.6 Å². The van der Waals surface area contributed by atoms with Gasteiger partial charge in [0.2, 0.25) is 0 Å². The second kappa shape index (κ2) is 8.41. The third-order valence-corrected chi connectivity index (χ3v) is 4.40. The summed E-state index contributed by atoms with van der Waals surface area (Å²) in [5, 5.41) is 3.16. The number of aromatic nitrogens is 1. The number of carbonyl (C=O) groups is 2. The van der Waals surface area contributed by atoms with E-state index in [1.54, 1.807) is 24.3 Å². The number of benzene rings is 2. The highest BCUT2D eigenvalue weighted by Gasteiger charge is 2.20. The van der Waals surface area contributed by atoms with Gasteiger partial charge in [0.05, 0.1) is 22.2 Å². The highest BCUT2D eigenvalue weighted by Crippen LogP contribution is 2.30. The van der Waals surface area contributed by atoms with Crippen LogP contribution in [0, 0.1) is 0 Å². The van der Waals surface area contributed by atoms with Crippen LogP contribution < -0.4 is 5.32 Å². The van der Waals surface area contributed by atoms with E-state index in [0.29, 0.717) is 21.5 Å². The number of hydrogen-bond donors (Lipinski definition) is 1. The number of fused-ring (bicyclic) bond motifs is 1. The van der Waals surface area contributed by atoms with Crippen molar-refractivity contribution in [1.82, 2.24) is 4.98 Å². The third kappa shape index (κ3) is 4.78. The molecular formula is C19H16Cl2N2O4. The fraction of sp³-hybridized carbons (Fsp3) is 0.211. The lowest BCUT2D eigenvalue weighted by Gasteiger charge is -2.14. The molecule has 1 N–H and O–H groups in total. The molecule has 0 saturated heterocycles. The van der Waals surface area contributed by atoms with Crippen molar-refractivity contribution in [2.24, 2.45) is 0 Å². The molecule has 0 unspecified atom stereocenters. The number of anilines is 1. The van der Waals surface area contributed by atoms with Crippen molar-refractivity contribution >= 4 is 51.9 Å². The molecule has 0 aliphatic rings. The number of oxazole rings is 1. The number of amides is 1. The molecule has 1 heterocycles. The van der Waals surface area contributed by atoms with Crippen LogP contribution in [0.4, 0.5) is 5.69 Å². The predicted octanol–water partition coefficient (Wildman–Crippen LogP) is 4.64. The first-order chi connectivity index (χ1) is 12.9. The van der Waals surface area contributed by atoms with Gasteiger partial charge in [-0.1, -0.05) is 41.4 Å². The molecule has 0 saturated carbocycles. The summed E-state index contributed by atoms with van der Waals surface area (Å²) in [4.78, 5) is 28.5. The first-order valence-corrected chi connectivity index (χ1v) is 8.98. The van der Waals surface area contributed by atoms with Gasteiger partial charge in [0, 0.05) is 6.42 Å². The molecule has 0 aliphatic heterocycles. The summed E-state index contributed by atoms with van der Waals surface area (Å²) >= 11 is 12.0. The average molecular weight is 407 g/mol. The summed E-state index contributed by atoms with van der Waals surface area (Å²) in [6.07, 6.45) is -0.691. The molecule has 1 amide bonds. The number of esters is 1. The van der Waals surface area contributed by atoms with E-state index in [4.69, 9.17) is 32.4 Å². The van der Waals surface area contributed by atoms with Crippen LogP contribution in [0.3, 0.4) is 0 Å². The van der Waals surface area contributed by atoms with E-state index in [2.05, 4.69) is 10.3 Å². The fourth-order valence-electron chi connectivity index (χ4n) is 2.39. The van der Waals surface area contributed by atoms with Gasteiger partial charge in [-0.3, -0.25) is 9.59 Å². The van der Waals surface area contributed by atoms with E-state index in [0.717, 1.165) is 5.52 Å². The number of carbonyl (C=O) groups excluding carboxylic acids is 2. The molecule has 140 valence electrons. The Kier molecular flexibility index (Phi) is 5.98. The van der Waals surface area contributed by atoms with Gasteiger partial charge < -0.3 is 14.5 Å². The molecule has 6 nitrogen and oxygen atoms in total. The number of hydrogen-bond acceptors (Lipinski definition) is 5. The molecule has 3 aromatic rings. The molecule has 8 heteroatoms. The second-order valence-electron chi connectivity index (χ2n) is 5.79. The largest absolute Gasteiger partial charge is 0.453 e. The lowest BCUT2D eigenvalue weighted by molar-refractivity contribution is -0.153. The highest BCUT2D eigenvalue weighted by molar-refractivity contribution is 6.39. The lowest BCUT2D eigenvalue weighted by Crippen LogP contribution is -2.30. The van der Waals surface area contributed by atoms with Crippen LogP contribution in [0.25, 0.3) is 11.1 Å². The maximum Gasteiger partial charge on any atom is 0.307 e. The van der Waals surface area contributed by atoms with Crippen molar-refractivity contribution in [3.05, 3.63) is 58.4 Å². The summed E-state index contributed by atoms with van der Waals surface area (Å²) in [5.74, 6) is -0.626. The van der Waals surface area contributed by atoms with Gasteiger partial charge >= 0.3 is 5.97 Å². The molecule has 0 bridgehead atoms. The minimum absolute atomic E-state index is 0.0390. The Morgan fingerprint density at radius 2 is 1.85 bits per heavy atom. The van der Waals surface area contributed by atoms with Gasteiger partial charge in [0.1, 0.15) is 5.52 Å². The number of rotatable bonds is 6. The summed E-state index contributed by atoms with van der Waals surface area (Å²) < 4.78 is 10.7. The van der Waals surface area contributed by atoms with Gasteiger partial charge in [-0.15, -0.1) is 0 Å². The SMILES string of the molecule is C[C@@H](OC(=O)CCc1nc2ccccc2o1)C(=O)Nc1c(Cl)cccc1Cl. The maximum absolute atomic E-state index is 12.2. The Labute approximate surface area is 165 Å². The number of nitrogens with zero attached hydrogens (tertiary/aromatic N) is 1. The molecule has 27 heavy (non-hydrogen) atoms. The van der Waals surface area contributed by atoms with Crippen molar-refractivity contribution in [1.29, 1.82) is 0 Å². The zero-order chi connectivity index (χ0) is 19.4. The molecular weight excluding hydrogens is 391 g/mol. The Morgan fingerprint density at radius 1 is 1.15 bits per heavy atom. The zero-order valence-electron chi connectivity index (χ0n) is 14.4. The first kappa shape index (κ1) is 19.2. The molecule has 1 aromatic heterocycles. The summed E-state index contributed by atoms with van der Waals surface area (Å²) in [6, 6.07) is 12.2. The van der Waals surface area contributed by atoms with Crippen LogP contribution in [-0.4, -0.2) is 23.0 Å². The zero-order valence-corrected chi connectivity index (χ0v) is 15.9. The number of aryl methyl sites for hydroxylation is 1. The van der Waals surface area contributed by atoms with Gasteiger partial charge in [0.25, 0.3) is 5.91 Å². The van der Waals surface area contributed by atoms with Gasteiger partial charge in [-0.25, -0.2) is 4.98 Å². The smallest absolute Gasteiger partial charge is 0.307 e. The van der Waals surface area contributed by atoms with Gasteiger partial charge in [-0.05, 0) is 31.2 Å². The predicted molar refractivity (Wildman–Crippen MR) is 103 cm³/mol. The molecule has 0 spiro atoms. The molecule has 3 rings (SSSR count). The molecule has 0 fully saturated rings. The Morgan fingerprint density at radius 3 is 2.56 bits per heavy atom. The molecule has 0 radical (unpaired) electrons. The van der Waals surface area contributed by atoms with Crippen molar-refractivity contribution in [2.75, 3.05) is 5.32 Å². The number of ether oxygens (including phenoxy) is 1. The number of nitrogens with one attached hydrogen (secondary N) is 1. The summed E-state index contributed by atoms with van der Waals surface area (Å²) in [6.45, 7) is 1.47. The second-order valence-corrected chi connectivity index (χ2v) is 6.61. The molecule has 1 atom stereocenters. The maximum atomic E-state index is 12.2. The lowest BCUT2D eigenvalue weighted by atomic mass is 10.3. The fourth-order valence-corrected chi connectivity index (χ4v) is 2.88. The van der Waals surface area contributed by atoms with Crippen molar-refractivity contribution in [3.8, 4) is 0 Å². The summed E-state index contributed by atoms with van der Waals surface area (Å²) in [5.41, 5.74) is 1.66. The Bertz CT molecular complexity index is 934. The van der Waals surface area contributed by atoms with Crippen LogP contribution in [0.1, 0.15) is 19.2 Å². The molecule has 2 aromatic carbocycles. The van der Waals surface area contributed by atoms with E-state index < -0.39 is 18.0 Å². The minimum Gasteiger partial charge on any atom is -0.453 e. The molecule has 0 aliphatic carbocycles. The standard InChI is InChI=1S/C19H16Cl2N2O4/c1-11(19(25)23-18-12(20)5-4-6-13(18)21)26-17(24)10-9-16-22-14-7-2-3-8-15(14)27-16/h2-8,11H,9-10H2,1H3,(H,23,25)/t11-/m1/s1. The Hall–Kier alpha value is -2.57. The Balaban J connectivity index is 1.53. The van der Waals surface area contributed by atoms with Crippen molar-refractivity contribution in [2.45, 2.75) is 25.9 Å². The van der Waals surface area contributed by atoms with E-state index in [-0.39, 0.29) is 18.5 Å². The van der Waals surface area contributed by atoms with Crippen LogP contribution in [0.2, 0.25) is 10.0 Å². The summed E-state index contributed by atoms with van der Waals surface area (Å²) in [7, 11) is 0. The van der Waals surface area contributed by atoms with Crippen molar-refractivity contribution < 1.29 is 18.7 Å². The van der Waals surface area contributed by atoms with E-state index in [1.807, 2.05) is 18.2 Å². The van der Waals surface area contributed by atoms with E-state index in [9.17, 15) is 9.59 Å². The van der Waals surface area contributed by atoms with Crippen LogP contribution in [0.15, 0.2) is 46.9 Å². The quantitative estimate of drug-likeness (QED) is 0.603. The highest BCUT2D eigenvalue weighted by atomic mass is 35.5. The van der Waals surface area contributed by atoms with Crippen LogP contribution >= 0.6 is 23.2 Å². The van der Waals surface area contributed by atoms with E-state index in [1.165, 1.54) is 6.92 Å². The van der Waals surface area contributed by atoms with Gasteiger partial charge in [-0.2, -0.15) is 0 Å². The first-order valence-electron chi connectivity index (χ1n) is 8.23. The van der Waals surface area contributed by atoms with Crippen LogP contribution in [0.5, 0.6) is 0 Å².